The predicted octanol–water partition coefficient (Wildman–Crippen LogP) is 1.36. The second kappa shape index (κ2) is 4.70. The number of esters is 1. The van der Waals surface area contributed by atoms with E-state index in [0.717, 1.165) is 6.20 Å². The Labute approximate surface area is 90.0 Å². The molecule has 1 aromatic heterocycles. The number of hydrogen-bond acceptors (Lipinski definition) is 5. The molecule has 7 heteroatoms. The Morgan fingerprint density at radius 3 is 2.93 bits per heavy atom. The van der Waals surface area contributed by atoms with Crippen LogP contribution in [0.1, 0.15) is 5.56 Å². The van der Waals surface area contributed by atoms with Crippen molar-refractivity contribution in [3.63, 3.8) is 0 Å². The summed E-state index contributed by atoms with van der Waals surface area (Å²) in [6, 6.07) is 1.32. The molecule has 0 unspecified atom stereocenters. The number of ether oxygens (including phenoxy) is 1. The molecule has 0 amide bonds. The monoisotopic (exact) mass is 230 g/mol. The first-order valence-corrected chi connectivity index (χ1v) is 4.28. The van der Waals surface area contributed by atoms with Gasteiger partial charge in [0.2, 0.25) is 0 Å². The van der Waals surface area contributed by atoms with Gasteiger partial charge >= 0.3 is 11.8 Å². The molecule has 0 aliphatic carbocycles. The topological polar surface area (TPSA) is 82.3 Å². The molecule has 0 aromatic carbocycles. The van der Waals surface area contributed by atoms with Crippen LogP contribution in [0.25, 0.3) is 0 Å². The SMILES string of the molecule is COC(=O)Cc1cc(Cl)cnc1[N+](=O)[O-]. The molecule has 6 nitrogen and oxygen atoms in total. The number of aromatic nitrogens is 1. The van der Waals surface area contributed by atoms with E-state index in [1.807, 2.05) is 0 Å². The number of carbonyl (C=O) groups is 1. The van der Waals surface area contributed by atoms with Gasteiger partial charge in [0.25, 0.3) is 0 Å². The van der Waals surface area contributed by atoms with Crippen LogP contribution < -0.4 is 0 Å². The number of carbonyl (C=O) groups excluding carboxylic acids is 1. The summed E-state index contributed by atoms with van der Waals surface area (Å²) in [5, 5.41) is 10.8. The van der Waals surface area contributed by atoms with Gasteiger partial charge in [-0.05, 0) is 16.0 Å². The lowest BCUT2D eigenvalue weighted by Crippen LogP contribution is -2.07. The van der Waals surface area contributed by atoms with Gasteiger partial charge in [-0.2, -0.15) is 0 Å². The molecule has 0 aliphatic rings. The Morgan fingerprint density at radius 2 is 2.40 bits per heavy atom. The van der Waals surface area contributed by atoms with Crippen LogP contribution in [0.5, 0.6) is 0 Å². The predicted molar refractivity (Wildman–Crippen MR) is 51.6 cm³/mol. The zero-order valence-electron chi connectivity index (χ0n) is 7.77. The maximum Gasteiger partial charge on any atom is 0.367 e. The molecule has 0 aliphatic heterocycles. The van der Waals surface area contributed by atoms with Crippen molar-refractivity contribution in [2.45, 2.75) is 6.42 Å². The highest BCUT2D eigenvalue weighted by Crippen LogP contribution is 2.20. The molecule has 1 aromatic rings. The number of halogens is 1. The van der Waals surface area contributed by atoms with Crippen molar-refractivity contribution < 1.29 is 14.5 Å². The Balaban J connectivity index is 3.07. The Bertz CT molecular complexity index is 408. The smallest absolute Gasteiger partial charge is 0.367 e. The molecule has 0 spiro atoms. The number of hydrogen-bond donors (Lipinski definition) is 0. The van der Waals surface area contributed by atoms with E-state index in [9.17, 15) is 14.9 Å². The maximum absolute atomic E-state index is 11.0. The van der Waals surface area contributed by atoms with Crippen molar-refractivity contribution in [3.05, 3.63) is 33.0 Å². The fraction of sp³-hybridized carbons (Fsp3) is 0.250. The van der Waals surface area contributed by atoms with Crippen LogP contribution in [0.2, 0.25) is 5.02 Å². The molecule has 0 N–H and O–H groups in total. The van der Waals surface area contributed by atoms with E-state index < -0.39 is 10.9 Å². The van der Waals surface area contributed by atoms with Gasteiger partial charge in [0.05, 0.1) is 24.1 Å². The minimum Gasteiger partial charge on any atom is -0.469 e. The lowest BCUT2D eigenvalue weighted by atomic mass is 10.2. The highest BCUT2D eigenvalue weighted by atomic mass is 35.5. The van der Waals surface area contributed by atoms with Crippen molar-refractivity contribution in [1.82, 2.24) is 4.98 Å². The lowest BCUT2D eigenvalue weighted by Gasteiger charge is -2.01. The molecule has 0 atom stereocenters. The first kappa shape index (κ1) is 11.4. The van der Waals surface area contributed by atoms with Crippen molar-refractivity contribution in [2.75, 3.05) is 7.11 Å². The molecular weight excluding hydrogens is 224 g/mol. The molecule has 80 valence electrons. The van der Waals surface area contributed by atoms with Crippen molar-refractivity contribution in [2.24, 2.45) is 0 Å². The summed E-state index contributed by atoms with van der Waals surface area (Å²) < 4.78 is 4.40. The number of pyridine rings is 1. The summed E-state index contributed by atoms with van der Waals surface area (Å²) in [6.45, 7) is 0. The molecule has 0 fully saturated rings. The Morgan fingerprint density at radius 1 is 1.73 bits per heavy atom. The van der Waals surface area contributed by atoms with E-state index >= 15 is 0 Å². The average molecular weight is 231 g/mol. The summed E-state index contributed by atoms with van der Waals surface area (Å²) >= 11 is 5.61. The molecule has 1 rings (SSSR count). The van der Waals surface area contributed by atoms with E-state index in [1.54, 1.807) is 0 Å². The number of methoxy groups -OCH3 is 1. The van der Waals surface area contributed by atoms with Crippen molar-refractivity contribution >= 4 is 23.4 Å². The molecule has 15 heavy (non-hydrogen) atoms. The highest BCUT2D eigenvalue weighted by molar-refractivity contribution is 6.30. The Hall–Kier alpha value is -1.69. The van der Waals surface area contributed by atoms with Gasteiger partial charge in [0.15, 0.2) is 6.20 Å². The zero-order valence-corrected chi connectivity index (χ0v) is 8.52. The van der Waals surface area contributed by atoms with Gasteiger partial charge in [-0.1, -0.05) is 11.6 Å². The van der Waals surface area contributed by atoms with Crippen LogP contribution in [0.15, 0.2) is 12.3 Å². The first-order chi connectivity index (χ1) is 7.04. The van der Waals surface area contributed by atoms with Crippen molar-refractivity contribution in [3.8, 4) is 0 Å². The first-order valence-electron chi connectivity index (χ1n) is 3.90. The number of nitrogens with zero attached hydrogens (tertiary/aromatic N) is 2. The third kappa shape index (κ3) is 2.88. The van der Waals surface area contributed by atoms with Crippen molar-refractivity contribution in [1.29, 1.82) is 0 Å². The minimum atomic E-state index is -0.672. The largest absolute Gasteiger partial charge is 0.469 e. The quantitative estimate of drug-likeness (QED) is 0.445. The van der Waals surface area contributed by atoms with E-state index in [0.29, 0.717) is 0 Å². The second-order valence-corrected chi connectivity index (χ2v) is 3.08. The van der Waals surface area contributed by atoms with Crippen LogP contribution in [0.3, 0.4) is 0 Å². The molecule has 0 bridgehead atoms. The fourth-order valence-corrected chi connectivity index (χ4v) is 1.18. The lowest BCUT2D eigenvalue weighted by molar-refractivity contribution is -0.390. The van der Waals surface area contributed by atoms with E-state index in [4.69, 9.17) is 11.6 Å². The standard InChI is InChI=1S/C8H7ClN2O4/c1-15-7(12)3-5-2-6(9)4-10-8(5)11(13)14/h2,4H,3H2,1H3. The third-order valence-electron chi connectivity index (χ3n) is 1.64. The summed E-state index contributed by atoms with van der Waals surface area (Å²) in [6.07, 6.45) is 0.931. The van der Waals surface area contributed by atoms with Crippen LogP contribution in [-0.2, 0) is 16.0 Å². The normalized spacial score (nSPS) is 9.73. The fourth-order valence-electron chi connectivity index (χ4n) is 0.996. The van der Waals surface area contributed by atoms with Gasteiger partial charge in [-0.15, -0.1) is 0 Å². The van der Waals surface area contributed by atoms with Crippen LogP contribution >= 0.6 is 11.6 Å². The summed E-state index contributed by atoms with van der Waals surface area (Å²) in [7, 11) is 1.20. The second-order valence-electron chi connectivity index (χ2n) is 2.65. The number of rotatable bonds is 3. The van der Waals surface area contributed by atoms with Gasteiger partial charge in [-0.3, -0.25) is 4.79 Å². The number of nitro groups is 1. The average Bonchev–Trinajstić information content (AvgIpc) is 2.17. The highest BCUT2D eigenvalue weighted by Gasteiger charge is 2.18. The summed E-state index contributed by atoms with van der Waals surface area (Å²) in [5.41, 5.74) is 0.138. The maximum atomic E-state index is 11.0. The minimum absolute atomic E-state index is 0.138. The van der Waals surface area contributed by atoms with Gasteiger partial charge in [-0.25, -0.2) is 0 Å². The molecule has 0 saturated heterocycles. The summed E-state index contributed by atoms with van der Waals surface area (Å²) in [4.78, 5) is 24.4. The zero-order chi connectivity index (χ0) is 11.4. The van der Waals surface area contributed by atoms with Crippen LogP contribution in [0.4, 0.5) is 5.82 Å². The third-order valence-corrected chi connectivity index (χ3v) is 1.85. The van der Waals surface area contributed by atoms with Gasteiger partial charge in [0, 0.05) is 0 Å². The summed E-state index contributed by atoms with van der Waals surface area (Å²) in [5.74, 6) is -0.966. The van der Waals surface area contributed by atoms with E-state index in [2.05, 4.69) is 9.72 Å². The Kier molecular flexibility index (Phi) is 3.56. The van der Waals surface area contributed by atoms with Gasteiger partial charge in [0.1, 0.15) is 0 Å². The van der Waals surface area contributed by atoms with E-state index in [1.165, 1.54) is 13.2 Å². The molecule has 0 radical (unpaired) electrons. The van der Waals surface area contributed by atoms with E-state index in [-0.39, 0.29) is 22.8 Å². The van der Waals surface area contributed by atoms with Crippen LogP contribution in [-0.4, -0.2) is 23.0 Å². The van der Waals surface area contributed by atoms with Gasteiger partial charge < -0.3 is 14.9 Å². The molecule has 0 saturated carbocycles. The molecular formula is C8H7ClN2O4. The van der Waals surface area contributed by atoms with Crippen LogP contribution in [0, 0.1) is 10.1 Å². The molecule has 1 heterocycles.